The zero-order chi connectivity index (χ0) is 20.9. The Morgan fingerprint density at radius 3 is 1.55 bits per heavy atom. The molecule has 0 saturated heterocycles. The zero-order valence-electron chi connectivity index (χ0n) is 18.0. The van der Waals surface area contributed by atoms with Gasteiger partial charge in [-0.15, -0.1) is 0 Å². The molecular formula is C24H35IO4. The molecule has 2 saturated carbocycles. The van der Waals surface area contributed by atoms with Gasteiger partial charge >= 0.3 is 184 Å². The van der Waals surface area contributed by atoms with Gasteiger partial charge in [0.05, 0.1) is 0 Å². The summed E-state index contributed by atoms with van der Waals surface area (Å²) in [4.78, 5) is 25.6. The molecule has 0 atom stereocenters. The topological polar surface area (TPSA) is 52.6 Å². The first kappa shape index (κ1) is 22.6. The van der Waals surface area contributed by atoms with E-state index in [0.717, 1.165) is 54.9 Å². The van der Waals surface area contributed by atoms with Crippen LogP contribution in [0.1, 0.15) is 90.5 Å². The second kappa shape index (κ2) is 10.3. The van der Waals surface area contributed by atoms with Gasteiger partial charge in [0.15, 0.2) is 0 Å². The molecule has 0 N–H and O–H groups in total. The number of halogens is 1. The van der Waals surface area contributed by atoms with E-state index in [9.17, 15) is 9.59 Å². The third-order valence-corrected chi connectivity index (χ3v) is 9.46. The van der Waals surface area contributed by atoms with Crippen LogP contribution >= 0.6 is 20.6 Å². The molecule has 5 heteroatoms. The van der Waals surface area contributed by atoms with Crippen molar-refractivity contribution < 1.29 is 15.7 Å². The van der Waals surface area contributed by atoms with Crippen LogP contribution in [0.3, 0.4) is 0 Å². The summed E-state index contributed by atoms with van der Waals surface area (Å²) in [5.41, 5.74) is 1.27. The number of benzene rings is 1. The van der Waals surface area contributed by atoms with Gasteiger partial charge in [-0.2, -0.15) is 0 Å². The fraction of sp³-hybridized carbons (Fsp3) is 0.667. The van der Waals surface area contributed by atoms with Gasteiger partial charge in [-0.05, 0) is 0 Å². The molecule has 3 rings (SSSR count). The van der Waals surface area contributed by atoms with Crippen molar-refractivity contribution >= 4 is 32.6 Å². The molecular weight excluding hydrogens is 479 g/mol. The summed E-state index contributed by atoms with van der Waals surface area (Å²) in [7, 11) is 0. The number of rotatable bonds is 5. The van der Waals surface area contributed by atoms with Crippen molar-refractivity contribution in [1.82, 2.24) is 0 Å². The fourth-order valence-electron chi connectivity index (χ4n) is 4.10. The molecule has 0 aromatic heterocycles. The molecule has 29 heavy (non-hydrogen) atoms. The first-order valence-electron chi connectivity index (χ1n) is 11.1. The normalized spacial score (nSPS) is 19.5. The Labute approximate surface area is 183 Å². The van der Waals surface area contributed by atoms with Crippen molar-refractivity contribution in [1.29, 1.82) is 0 Å². The van der Waals surface area contributed by atoms with Crippen LogP contribution in [-0.4, -0.2) is 11.9 Å². The summed E-state index contributed by atoms with van der Waals surface area (Å²) in [5, 5.41) is 0. The Hall–Kier alpha value is -1.11. The number of carbonyl (C=O) groups excluding carboxylic acids is 2. The summed E-state index contributed by atoms with van der Waals surface area (Å²) >= 11 is -2.84. The molecule has 162 valence electrons. The fourth-order valence-corrected chi connectivity index (χ4v) is 7.15. The predicted molar refractivity (Wildman–Crippen MR) is 123 cm³/mol. The van der Waals surface area contributed by atoms with Crippen LogP contribution in [0.25, 0.3) is 0 Å². The summed E-state index contributed by atoms with van der Waals surface area (Å²) in [6.07, 6.45) is 10.3. The number of hydrogen-bond acceptors (Lipinski definition) is 4. The number of carbonyl (C=O) groups is 2. The van der Waals surface area contributed by atoms with Crippen LogP contribution in [0.2, 0.25) is 0 Å². The second-order valence-corrected chi connectivity index (χ2v) is 12.8. The van der Waals surface area contributed by atoms with Gasteiger partial charge in [-0.1, -0.05) is 0 Å². The Kier molecular flexibility index (Phi) is 7.99. The molecule has 4 nitrogen and oxygen atoms in total. The molecule has 1 aromatic rings. The third-order valence-electron chi connectivity index (χ3n) is 6.06. The van der Waals surface area contributed by atoms with Gasteiger partial charge in [0.1, 0.15) is 0 Å². The molecule has 0 spiro atoms. The minimum atomic E-state index is -2.84. The quantitative estimate of drug-likeness (QED) is 0.409. The van der Waals surface area contributed by atoms with Gasteiger partial charge in [0.2, 0.25) is 0 Å². The molecule has 0 amide bonds. The second-order valence-electron chi connectivity index (χ2n) is 9.44. The van der Waals surface area contributed by atoms with E-state index >= 15 is 0 Å². The SMILES string of the molecule is CC(C)(C)c1ccc(I(OC(=O)C2CCCCC2)OC(=O)C2CCCCC2)cc1. The van der Waals surface area contributed by atoms with E-state index in [2.05, 4.69) is 32.9 Å². The summed E-state index contributed by atoms with van der Waals surface area (Å²) < 4.78 is 12.8. The molecule has 0 unspecified atom stereocenters. The van der Waals surface area contributed by atoms with Crippen molar-refractivity contribution in [3.63, 3.8) is 0 Å². The Morgan fingerprint density at radius 2 is 1.17 bits per heavy atom. The molecule has 2 aliphatic rings. The molecule has 0 heterocycles. The van der Waals surface area contributed by atoms with Crippen molar-refractivity contribution in [3.8, 4) is 0 Å². The first-order valence-corrected chi connectivity index (χ1v) is 13.9. The van der Waals surface area contributed by atoms with Gasteiger partial charge in [0.25, 0.3) is 0 Å². The van der Waals surface area contributed by atoms with Crippen molar-refractivity contribution in [3.05, 3.63) is 33.4 Å². The summed E-state index contributed by atoms with van der Waals surface area (Å²) in [5.74, 6) is -0.394. The predicted octanol–water partition coefficient (Wildman–Crippen LogP) is 6.74. The van der Waals surface area contributed by atoms with Crippen LogP contribution in [-0.2, 0) is 21.1 Å². The van der Waals surface area contributed by atoms with E-state index in [4.69, 9.17) is 6.13 Å². The average Bonchev–Trinajstić information content (AvgIpc) is 2.74. The van der Waals surface area contributed by atoms with E-state index in [1.54, 1.807) is 0 Å². The van der Waals surface area contributed by atoms with E-state index in [1.807, 2.05) is 12.1 Å². The molecule has 2 fully saturated rings. The molecule has 1 aromatic carbocycles. The summed E-state index contributed by atoms with van der Waals surface area (Å²) in [6, 6.07) is 8.13. The minimum absolute atomic E-state index is 0.0363. The van der Waals surface area contributed by atoms with Crippen LogP contribution < -0.4 is 0 Å². The van der Waals surface area contributed by atoms with E-state index in [-0.39, 0.29) is 29.2 Å². The van der Waals surface area contributed by atoms with Crippen LogP contribution in [0.5, 0.6) is 0 Å². The van der Waals surface area contributed by atoms with Crippen molar-refractivity contribution in [2.45, 2.75) is 90.4 Å². The van der Waals surface area contributed by atoms with E-state index < -0.39 is 20.6 Å². The van der Waals surface area contributed by atoms with Crippen LogP contribution in [0, 0.1) is 15.4 Å². The molecule has 0 bridgehead atoms. The molecule has 0 radical (unpaired) electrons. The van der Waals surface area contributed by atoms with E-state index in [0.29, 0.717) is 0 Å². The Morgan fingerprint density at radius 1 is 0.759 bits per heavy atom. The van der Waals surface area contributed by atoms with Crippen LogP contribution in [0.4, 0.5) is 0 Å². The maximum atomic E-state index is 12.8. The summed E-state index contributed by atoms with van der Waals surface area (Å²) in [6.45, 7) is 6.51. The first-order chi connectivity index (χ1) is 13.8. The average molecular weight is 514 g/mol. The Bertz CT molecular complexity index is 648. The third kappa shape index (κ3) is 6.43. The van der Waals surface area contributed by atoms with Gasteiger partial charge in [-0.3, -0.25) is 0 Å². The standard InChI is InChI=1S/C24H35IO4/c1-24(2,3)20-14-16-21(17-15-20)25(28-22(26)18-10-6-4-7-11-18)29-23(27)19-12-8-5-9-13-19/h14-19H,4-13H2,1-3H3. The van der Waals surface area contributed by atoms with Gasteiger partial charge in [0, 0.05) is 0 Å². The maximum absolute atomic E-state index is 12.8. The Balaban J connectivity index is 1.74. The van der Waals surface area contributed by atoms with Gasteiger partial charge < -0.3 is 0 Å². The molecule has 0 aliphatic heterocycles. The van der Waals surface area contributed by atoms with Gasteiger partial charge in [-0.25, -0.2) is 0 Å². The van der Waals surface area contributed by atoms with E-state index in [1.165, 1.54) is 18.4 Å². The van der Waals surface area contributed by atoms with Crippen molar-refractivity contribution in [2.75, 3.05) is 0 Å². The number of hydrogen-bond donors (Lipinski definition) is 0. The van der Waals surface area contributed by atoms with Crippen molar-refractivity contribution in [2.24, 2.45) is 11.8 Å². The monoisotopic (exact) mass is 514 g/mol. The molecule has 2 aliphatic carbocycles. The zero-order valence-corrected chi connectivity index (χ0v) is 20.2. The van der Waals surface area contributed by atoms with Crippen LogP contribution in [0.15, 0.2) is 24.3 Å².